The van der Waals surface area contributed by atoms with Gasteiger partial charge in [-0.05, 0) is 49.4 Å². The Morgan fingerprint density at radius 3 is 2.65 bits per heavy atom. The predicted molar refractivity (Wildman–Crippen MR) is 107 cm³/mol. The predicted octanol–water partition coefficient (Wildman–Crippen LogP) is 2.14. The molecule has 0 radical (unpaired) electrons. The van der Waals surface area contributed by atoms with E-state index in [0.29, 0.717) is 0 Å². The molecule has 1 aliphatic rings. The van der Waals surface area contributed by atoms with Gasteiger partial charge in [0.1, 0.15) is 0 Å². The number of nitrogens with one attached hydrogen (secondary N) is 2. The number of likely N-dealkylation sites (tertiary alicyclic amines) is 1. The van der Waals surface area contributed by atoms with Crippen LogP contribution >= 0.6 is 0 Å². The zero-order valence-electron chi connectivity index (χ0n) is 16.7. The van der Waals surface area contributed by atoms with Crippen molar-refractivity contribution in [2.45, 2.75) is 26.2 Å². The lowest BCUT2D eigenvalue weighted by atomic mass is 10.0. The van der Waals surface area contributed by atoms with Crippen molar-refractivity contribution in [3.05, 3.63) is 23.8 Å². The van der Waals surface area contributed by atoms with Gasteiger partial charge < -0.3 is 25.0 Å². The lowest BCUT2D eigenvalue weighted by Crippen LogP contribution is -2.44. The van der Waals surface area contributed by atoms with Gasteiger partial charge in [-0.15, -0.1) is 0 Å². The molecule has 1 aliphatic heterocycles. The summed E-state index contributed by atoms with van der Waals surface area (Å²) in [5, 5.41) is 6.79. The Morgan fingerprint density at radius 2 is 1.96 bits per heavy atom. The Bertz CT molecular complexity index is 577. The van der Waals surface area contributed by atoms with E-state index in [1.807, 2.05) is 19.2 Å². The Hall–Kier alpha value is -1.95. The number of nitrogens with zero attached hydrogens (tertiary/aromatic N) is 2. The molecule has 1 aromatic rings. The van der Waals surface area contributed by atoms with Crippen molar-refractivity contribution in [2.75, 3.05) is 54.0 Å². The molecule has 1 atom stereocenters. The molecule has 2 N–H and O–H groups in total. The summed E-state index contributed by atoms with van der Waals surface area (Å²) in [5.41, 5.74) is 1.20. The Balaban J connectivity index is 1.70. The number of hydrogen-bond donors (Lipinski definition) is 2. The molecule has 146 valence electrons. The maximum absolute atomic E-state index is 5.36. The Labute approximate surface area is 158 Å². The lowest BCUT2D eigenvalue weighted by Gasteiger charge is -2.30. The van der Waals surface area contributed by atoms with Gasteiger partial charge in [0.15, 0.2) is 17.5 Å². The first-order valence-corrected chi connectivity index (χ1v) is 9.54. The minimum Gasteiger partial charge on any atom is -0.493 e. The molecule has 0 aliphatic carbocycles. The molecule has 1 heterocycles. The third-order valence-corrected chi connectivity index (χ3v) is 4.84. The minimum absolute atomic E-state index is 0.758. The first kappa shape index (κ1) is 20.4. The average Bonchev–Trinajstić information content (AvgIpc) is 2.66. The fourth-order valence-corrected chi connectivity index (χ4v) is 3.40. The van der Waals surface area contributed by atoms with Crippen LogP contribution in [0.3, 0.4) is 0 Å². The van der Waals surface area contributed by atoms with Crippen molar-refractivity contribution in [1.82, 2.24) is 15.5 Å². The highest BCUT2D eigenvalue weighted by Gasteiger charge is 2.15. The van der Waals surface area contributed by atoms with E-state index in [-0.39, 0.29) is 0 Å². The molecule has 0 saturated carbocycles. The summed E-state index contributed by atoms with van der Waals surface area (Å²) in [6, 6.07) is 6.03. The number of rotatable bonds is 8. The number of benzene rings is 1. The first-order valence-electron chi connectivity index (χ1n) is 9.54. The van der Waals surface area contributed by atoms with E-state index in [2.05, 4.69) is 33.5 Å². The number of guanidine groups is 1. The molecule has 0 aromatic heterocycles. The van der Waals surface area contributed by atoms with E-state index in [4.69, 9.17) is 9.47 Å². The van der Waals surface area contributed by atoms with Gasteiger partial charge in [-0.2, -0.15) is 0 Å². The topological polar surface area (TPSA) is 58.1 Å². The Kier molecular flexibility index (Phi) is 8.54. The summed E-state index contributed by atoms with van der Waals surface area (Å²) in [6.45, 7) is 7.58. The zero-order valence-corrected chi connectivity index (χ0v) is 16.7. The van der Waals surface area contributed by atoms with Crippen LogP contribution in [0.1, 0.15) is 25.3 Å². The fourth-order valence-electron chi connectivity index (χ4n) is 3.40. The van der Waals surface area contributed by atoms with Crippen LogP contribution in [0, 0.1) is 5.92 Å². The number of ether oxygens (including phenoxy) is 2. The van der Waals surface area contributed by atoms with E-state index < -0.39 is 0 Å². The molecule has 1 saturated heterocycles. The van der Waals surface area contributed by atoms with Crippen molar-refractivity contribution < 1.29 is 9.47 Å². The highest BCUT2D eigenvalue weighted by Crippen LogP contribution is 2.27. The SMILES string of the molecule is CN=C(NCCc1ccc(OC)c(OC)c1)NCCN1CCCC(C)C1. The van der Waals surface area contributed by atoms with E-state index in [9.17, 15) is 0 Å². The second-order valence-corrected chi connectivity index (χ2v) is 6.91. The molecule has 1 unspecified atom stereocenters. The summed E-state index contributed by atoms with van der Waals surface area (Å²) in [4.78, 5) is 6.85. The van der Waals surface area contributed by atoms with E-state index >= 15 is 0 Å². The maximum Gasteiger partial charge on any atom is 0.191 e. The summed E-state index contributed by atoms with van der Waals surface area (Å²) >= 11 is 0. The average molecular weight is 363 g/mol. The molecule has 0 bridgehead atoms. The van der Waals surface area contributed by atoms with Gasteiger partial charge in [-0.3, -0.25) is 4.99 Å². The van der Waals surface area contributed by atoms with Gasteiger partial charge in [0, 0.05) is 33.2 Å². The fraction of sp³-hybridized carbons (Fsp3) is 0.650. The van der Waals surface area contributed by atoms with E-state index in [1.165, 1.54) is 31.5 Å². The zero-order chi connectivity index (χ0) is 18.8. The standard InChI is InChI=1S/C20H34N4O2/c1-16-6-5-12-24(15-16)13-11-23-20(21-2)22-10-9-17-7-8-18(25-3)19(14-17)26-4/h7-8,14,16H,5-6,9-13,15H2,1-4H3,(H2,21,22,23). The lowest BCUT2D eigenvalue weighted by molar-refractivity contribution is 0.187. The molecule has 2 rings (SSSR count). The van der Waals surface area contributed by atoms with E-state index in [0.717, 1.165) is 49.4 Å². The van der Waals surface area contributed by atoms with Crippen LogP contribution in [0.15, 0.2) is 23.2 Å². The number of methoxy groups -OCH3 is 2. The quantitative estimate of drug-likeness (QED) is 0.548. The molecule has 1 fully saturated rings. The molecule has 6 heteroatoms. The van der Waals surface area contributed by atoms with Crippen molar-refractivity contribution in [3.8, 4) is 11.5 Å². The molecular formula is C20H34N4O2. The number of aliphatic imine (C=N–C) groups is 1. The van der Waals surface area contributed by atoms with Crippen LogP contribution in [0.2, 0.25) is 0 Å². The van der Waals surface area contributed by atoms with E-state index in [1.54, 1.807) is 14.2 Å². The second kappa shape index (κ2) is 10.9. The number of piperidine rings is 1. The molecule has 0 spiro atoms. The largest absolute Gasteiger partial charge is 0.493 e. The normalized spacial score (nSPS) is 18.5. The molecule has 1 aromatic carbocycles. The maximum atomic E-state index is 5.36. The van der Waals surface area contributed by atoms with Gasteiger partial charge in [0.25, 0.3) is 0 Å². The molecule has 26 heavy (non-hydrogen) atoms. The summed E-state index contributed by atoms with van der Waals surface area (Å²) < 4.78 is 10.6. The van der Waals surface area contributed by atoms with Crippen molar-refractivity contribution in [3.63, 3.8) is 0 Å². The third-order valence-electron chi connectivity index (χ3n) is 4.84. The minimum atomic E-state index is 0.758. The highest BCUT2D eigenvalue weighted by atomic mass is 16.5. The molecular weight excluding hydrogens is 328 g/mol. The smallest absolute Gasteiger partial charge is 0.191 e. The summed E-state index contributed by atoms with van der Waals surface area (Å²) in [6.07, 6.45) is 3.58. The molecule has 6 nitrogen and oxygen atoms in total. The van der Waals surface area contributed by atoms with Gasteiger partial charge in [-0.25, -0.2) is 0 Å². The number of hydrogen-bond acceptors (Lipinski definition) is 4. The summed E-state index contributed by atoms with van der Waals surface area (Å²) in [7, 11) is 5.13. The van der Waals surface area contributed by atoms with Crippen LogP contribution in [-0.2, 0) is 6.42 Å². The van der Waals surface area contributed by atoms with Gasteiger partial charge in [-0.1, -0.05) is 13.0 Å². The highest BCUT2D eigenvalue weighted by molar-refractivity contribution is 5.79. The van der Waals surface area contributed by atoms with Gasteiger partial charge >= 0.3 is 0 Å². The monoisotopic (exact) mass is 362 g/mol. The van der Waals surface area contributed by atoms with Crippen LogP contribution in [0.4, 0.5) is 0 Å². The first-order chi connectivity index (χ1) is 12.7. The third kappa shape index (κ3) is 6.41. The van der Waals surface area contributed by atoms with Crippen molar-refractivity contribution in [1.29, 1.82) is 0 Å². The van der Waals surface area contributed by atoms with Gasteiger partial charge in [0.2, 0.25) is 0 Å². The second-order valence-electron chi connectivity index (χ2n) is 6.91. The van der Waals surface area contributed by atoms with Crippen molar-refractivity contribution >= 4 is 5.96 Å². The van der Waals surface area contributed by atoms with Crippen LogP contribution in [-0.4, -0.2) is 64.9 Å². The molecule has 0 amide bonds. The van der Waals surface area contributed by atoms with Crippen LogP contribution < -0.4 is 20.1 Å². The van der Waals surface area contributed by atoms with Crippen LogP contribution in [0.25, 0.3) is 0 Å². The van der Waals surface area contributed by atoms with Crippen LogP contribution in [0.5, 0.6) is 11.5 Å². The van der Waals surface area contributed by atoms with Crippen molar-refractivity contribution in [2.24, 2.45) is 10.9 Å². The Morgan fingerprint density at radius 1 is 1.19 bits per heavy atom. The van der Waals surface area contributed by atoms with Gasteiger partial charge in [0.05, 0.1) is 14.2 Å². The summed E-state index contributed by atoms with van der Waals surface area (Å²) in [5.74, 6) is 3.20.